The van der Waals surface area contributed by atoms with E-state index in [2.05, 4.69) is 29.8 Å². The Balaban J connectivity index is 1.90. The molecule has 0 aliphatic carbocycles. The predicted octanol–water partition coefficient (Wildman–Crippen LogP) is 4.74. The monoisotopic (exact) mass is 647 g/mol. The second-order valence-electron chi connectivity index (χ2n) is 12.4. The van der Waals surface area contributed by atoms with E-state index in [-0.39, 0.29) is 31.0 Å². The van der Waals surface area contributed by atoms with Crippen LogP contribution in [-0.2, 0) is 19.6 Å². The van der Waals surface area contributed by atoms with Gasteiger partial charge in [0, 0.05) is 34.7 Å². The van der Waals surface area contributed by atoms with Gasteiger partial charge in [-0.2, -0.15) is 0 Å². The first-order chi connectivity index (χ1) is 20.8. The molecule has 12 nitrogen and oxygen atoms in total. The molecule has 0 spiro atoms. The topological polar surface area (TPSA) is 129 Å². The number of likely N-dealkylation sites (tertiary alicyclic amines) is 1. The summed E-state index contributed by atoms with van der Waals surface area (Å²) in [5.41, 5.74) is 0.439. The molecule has 0 saturated carbocycles. The standard InChI is InChI=1S/C30H45N5O7SSi/c1-21-15-16-26(42-21)29-31-32-30(35(29)28-24(40-4)12-10-13-25(28)41-5)34(17-18-44(6,7)8)43(37,38)22(2)19-33-23(20-39-3)11-9-14-27(33)36/h10,12-13,15-16,22-23H,9,11,14,17-20H2,1-8H3/t22?,23-/m1/s1. The first kappa shape index (κ1) is 33.5. The molecule has 242 valence electrons. The molecule has 0 bridgehead atoms. The van der Waals surface area contributed by atoms with Crippen molar-refractivity contribution in [2.24, 2.45) is 0 Å². The lowest BCUT2D eigenvalue weighted by atomic mass is 10.0. The van der Waals surface area contributed by atoms with Crippen LogP contribution < -0.4 is 13.8 Å². The highest BCUT2D eigenvalue weighted by Crippen LogP contribution is 2.40. The highest BCUT2D eigenvalue weighted by molar-refractivity contribution is 7.93. The van der Waals surface area contributed by atoms with E-state index in [1.165, 1.54) is 18.5 Å². The Hall–Kier alpha value is -3.36. The highest BCUT2D eigenvalue weighted by Gasteiger charge is 2.39. The van der Waals surface area contributed by atoms with Crippen LogP contribution >= 0.6 is 0 Å². The van der Waals surface area contributed by atoms with Crippen LogP contribution in [-0.4, -0.2) is 94.4 Å². The van der Waals surface area contributed by atoms with Gasteiger partial charge >= 0.3 is 0 Å². The van der Waals surface area contributed by atoms with Crippen molar-refractivity contribution >= 4 is 30.0 Å². The molecule has 4 rings (SSSR count). The van der Waals surface area contributed by atoms with Crippen LogP contribution in [0.5, 0.6) is 11.5 Å². The van der Waals surface area contributed by atoms with Crippen LogP contribution in [0, 0.1) is 6.92 Å². The number of piperidine rings is 1. The molecular formula is C30H45N5O7SSi. The molecule has 1 aliphatic rings. The Labute approximate surface area is 261 Å². The number of sulfonamides is 1. The number of nitrogens with zero attached hydrogens (tertiary/aromatic N) is 5. The van der Waals surface area contributed by atoms with E-state index < -0.39 is 23.3 Å². The van der Waals surface area contributed by atoms with Crippen LogP contribution in [0.4, 0.5) is 5.95 Å². The second kappa shape index (κ2) is 13.7. The van der Waals surface area contributed by atoms with Gasteiger partial charge in [-0.3, -0.25) is 9.36 Å². The number of para-hydroxylation sites is 1. The number of carbonyl (C=O) groups excluding carboxylic acids is 1. The molecule has 1 amide bonds. The summed E-state index contributed by atoms with van der Waals surface area (Å²) in [6.45, 7) is 10.6. The maximum atomic E-state index is 14.6. The average molecular weight is 648 g/mol. The van der Waals surface area contributed by atoms with E-state index >= 15 is 0 Å². The molecule has 3 aromatic rings. The number of aromatic nitrogens is 3. The normalized spacial score (nSPS) is 16.7. The maximum absolute atomic E-state index is 14.6. The zero-order chi connectivity index (χ0) is 32.2. The van der Waals surface area contributed by atoms with Crippen LogP contribution in [0.15, 0.2) is 34.7 Å². The molecular weight excluding hydrogens is 603 g/mol. The third-order valence-electron chi connectivity index (χ3n) is 7.84. The summed E-state index contributed by atoms with van der Waals surface area (Å²) in [6, 6.07) is 9.38. The van der Waals surface area contributed by atoms with E-state index in [1.54, 1.807) is 53.8 Å². The molecule has 44 heavy (non-hydrogen) atoms. The fourth-order valence-electron chi connectivity index (χ4n) is 5.38. The van der Waals surface area contributed by atoms with Crippen LogP contribution in [0.3, 0.4) is 0 Å². The zero-order valence-electron chi connectivity index (χ0n) is 27.0. The number of carbonyl (C=O) groups is 1. The summed E-state index contributed by atoms with van der Waals surface area (Å²) >= 11 is 0. The van der Waals surface area contributed by atoms with Crippen molar-refractivity contribution < 1.29 is 31.8 Å². The van der Waals surface area contributed by atoms with Gasteiger partial charge in [-0.1, -0.05) is 25.7 Å². The highest BCUT2D eigenvalue weighted by atomic mass is 32.2. The minimum Gasteiger partial charge on any atom is -0.494 e. The molecule has 0 radical (unpaired) electrons. The predicted molar refractivity (Wildman–Crippen MR) is 172 cm³/mol. The summed E-state index contributed by atoms with van der Waals surface area (Å²) in [6.07, 6.45) is 1.91. The van der Waals surface area contributed by atoms with Gasteiger partial charge < -0.3 is 23.5 Å². The van der Waals surface area contributed by atoms with Crippen LogP contribution in [0.1, 0.15) is 31.9 Å². The Morgan fingerprint density at radius 3 is 2.34 bits per heavy atom. The second-order valence-corrected chi connectivity index (χ2v) is 20.3. The Morgan fingerprint density at radius 2 is 1.77 bits per heavy atom. The molecule has 0 N–H and O–H groups in total. The van der Waals surface area contributed by atoms with Gasteiger partial charge in [-0.05, 0) is 57.0 Å². The van der Waals surface area contributed by atoms with Gasteiger partial charge in [0.1, 0.15) is 22.9 Å². The number of amides is 1. The molecule has 1 saturated heterocycles. The fourth-order valence-corrected chi connectivity index (χ4v) is 7.92. The molecule has 1 aliphatic heterocycles. The third-order valence-corrected chi connectivity index (χ3v) is 11.7. The van der Waals surface area contributed by atoms with Crippen molar-refractivity contribution in [3.8, 4) is 28.8 Å². The third kappa shape index (κ3) is 7.13. The van der Waals surface area contributed by atoms with Gasteiger partial charge in [0.25, 0.3) is 0 Å². The quantitative estimate of drug-likeness (QED) is 0.228. The average Bonchev–Trinajstić information content (AvgIpc) is 3.59. The Bertz CT molecular complexity index is 1520. The molecule has 3 heterocycles. The van der Waals surface area contributed by atoms with Crippen molar-refractivity contribution in [3.63, 3.8) is 0 Å². The summed E-state index contributed by atoms with van der Waals surface area (Å²) < 4.78 is 55.0. The SMILES string of the molecule is COC[C@H]1CCCC(=O)N1CC(C)S(=O)(=O)N(CC[Si](C)(C)C)c1nnc(-c2ccc(C)o2)n1-c1c(OC)cccc1OC. The first-order valence-corrected chi connectivity index (χ1v) is 20.1. The summed E-state index contributed by atoms with van der Waals surface area (Å²) in [7, 11) is -1.17. The number of hydrogen-bond donors (Lipinski definition) is 0. The lowest BCUT2D eigenvalue weighted by Gasteiger charge is -2.38. The minimum absolute atomic E-state index is 0.0367. The molecule has 2 aromatic heterocycles. The maximum Gasteiger partial charge on any atom is 0.246 e. The number of ether oxygens (including phenoxy) is 3. The van der Waals surface area contributed by atoms with E-state index in [4.69, 9.17) is 18.6 Å². The summed E-state index contributed by atoms with van der Waals surface area (Å²) in [5, 5.41) is 8.01. The summed E-state index contributed by atoms with van der Waals surface area (Å²) in [4.78, 5) is 14.6. The van der Waals surface area contributed by atoms with E-state index in [1.807, 2.05) is 6.92 Å². The van der Waals surface area contributed by atoms with Crippen LogP contribution in [0.25, 0.3) is 17.3 Å². The number of methoxy groups -OCH3 is 3. The van der Waals surface area contributed by atoms with Gasteiger partial charge in [-0.15, -0.1) is 10.2 Å². The van der Waals surface area contributed by atoms with Crippen molar-refractivity contribution in [2.45, 2.75) is 70.1 Å². The molecule has 2 atom stereocenters. The Kier molecular flexibility index (Phi) is 10.5. The smallest absolute Gasteiger partial charge is 0.246 e. The molecule has 1 aromatic carbocycles. The molecule has 14 heteroatoms. The van der Waals surface area contributed by atoms with Gasteiger partial charge in [0.15, 0.2) is 5.76 Å². The van der Waals surface area contributed by atoms with E-state index in [0.29, 0.717) is 53.6 Å². The largest absolute Gasteiger partial charge is 0.494 e. The van der Waals surface area contributed by atoms with Crippen molar-refractivity contribution in [1.82, 2.24) is 19.7 Å². The van der Waals surface area contributed by atoms with Crippen molar-refractivity contribution in [3.05, 3.63) is 36.1 Å². The lowest BCUT2D eigenvalue weighted by Crippen LogP contribution is -2.52. The summed E-state index contributed by atoms with van der Waals surface area (Å²) in [5.74, 6) is 2.26. The Morgan fingerprint density at radius 1 is 1.09 bits per heavy atom. The zero-order valence-corrected chi connectivity index (χ0v) is 28.8. The van der Waals surface area contributed by atoms with Crippen LogP contribution in [0.2, 0.25) is 25.7 Å². The molecule has 1 unspecified atom stereocenters. The number of anilines is 1. The number of hydrogen-bond acceptors (Lipinski definition) is 9. The van der Waals surface area contributed by atoms with Crippen molar-refractivity contribution in [1.29, 1.82) is 0 Å². The van der Waals surface area contributed by atoms with Gasteiger partial charge in [0.05, 0.1) is 32.1 Å². The lowest BCUT2D eigenvalue weighted by molar-refractivity contribution is -0.137. The minimum atomic E-state index is -4.09. The van der Waals surface area contributed by atoms with Gasteiger partial charge in [-0.25, -0.2) is 12.7 Å². The molecule has 1 fully saturated rings. The van der Waals surface area contributed by atoms with Crippen molar-refractivity contribution in [2.75, 3.05) is 45.3 Å². The number of rotatable bonds is 14. The number of aryl methyl sites for hydroxylation is 1. The number of furan rings is 1. The van der Waals surface area contributed by atoms with E-state index in [0.717, 1.165) is 12.8 Å². The first-order valence-electron chi connectivity index (χ1n) is 14.9. The van der Waals surface area contributed by atoms with E-state index in [9.17, 15) is 13.2 Å². The van der Waals surface area contributed by atoms with Gasteiger partial charge in [0.2, 0.25) is 27.7 Å². The fraction of sp³-hybridized carbons (Fsp3) is 0.567. The number of benzene rings is 1.